The summed E-state index contributed by atoms with van der Waals surface area (Å²) in [6, 6.07) is 20.1. The third-order valence-electron chi connectivity index (χ3n) is 7.85. The molecule has 3 aromatic carbocycles. The van der Waals surface area contributed by atoms with Crippen LogP contribution in [0.4, 0.5) is 5.69 Å². The van der Waals surface area contributed by atoms with Crippen LogP contribution < -0.4 is 19.7 Å². The average molecular weight is 539 g/mol. The number of ether oxygens (including phenoxy) is 2. The lowest BCUT2D eigenvalue weighted by atomic mass is 9.94. The number of nitrogens with one attached hydrogen (secondary N) is 1. The molecule has 8 heteroatoms. The van der Waals surface area contributed by atoms with Gasteiger partial charge in [0.15, 0.2) is 11.5 Å². The maximum atomic E-state index is 14.6. The molecule has 1 aliphatic carbocycles. The number of carbonyl (C=O) groups excluding carboxylic acids is 2. The first-order chi connectivity index (χ1) is 19.5. The fourth-order valence-electron chi connectivity index (χ4n) is 5.91. The van der Waals surface area contributed by atoms with Gasteiger partial charge in [-0.25, -0.2) is 0 Å². The average Bonchev–Trinajstić information content (AvgIpc) is 3.32. The number of anilines is 1. The summed E-state index contributed by atoms with van der Waals surface area (Å²) in [5, 5.41) is 9.67. The highest BCUT2D eigenvalue weighted by Gasteiger charge is 2.41. The molecule has 0 bridgehead atoms. The molecule has 2 amide bonds. The molecule has 8 nitrogen and oxygen atoms in total. The lowest BCUT2D eigenvalue weighted by Crippen LogP contribution is -2.52. The van der Waals surface area contributed by atoms with E-state index in [1.54, 1.807) is 15.6 Å². The Morgan fingerprint density at radius 2 is 1.70 bits per heavy atom. The Bertz CT molecular complexity index is 1540. The van der Waals surface area contributed by atoms with Crippen LogP contribution in [0.25, 0.3) is 10.8 Å². The van der Waals surface area contributed by atoms with Crippen molar-refractivity contribution in [2.45, 2.75) is 57.2 Å². The fourth-order valence-corrected chi connectivity index (χ4v) is 5.91. The summed E-state index contributed by atoms with van der Waals surface area (Å²) in [5.41, 5.74) is 2.00. The van der Waals surface area contributed by atoms with Gasteiger partial charge in [0.25, 0.3) is 5.91 Å². The van der Waals surface area contributed by atoms with E-state index in [4.69, 9.17) is 9.47 Å². The number of carbonyl (C=O) groups is 2. The molecular weight excluding hydrogens is 504 g/mol. The standard InChI is InChI=1S/C32H34N4O4/c1-21-25(19-35(2)34-21)30(31(37)33-23-13-4-3-5-14-23)36(26-16-10-12-22-11-6-7-15-24(22)26)32(38)29-20-39-27-17-8-9-18-28(27)40-29/h6-12,15-19,23,29-30H,3-5,13-14,20H2,1-2H3,(H,33,37)/t29-,30+/m1/s1. The van der Waals surface area contributed by atoms with Gasteiger partial charge in [-0.15, -0.1) is 0 Å². The van der Waals surface area contributed by atoms with Crippen LogP contribution in [0.3, 0.4) is 0 Å². The van der Waals surface area contributed by atoms with Crippen molar-refractivity contribution >= 4 is 28.3 Å². The highest BCUT2D eigenvalue weighted by Crippen LogP contribution is 2.38. The Kier molecular flexibility index (Phi) is 7.15. The van der Waals surface area contributed by atoms with Crippen LogP contribution in [0.1, 0.15) is 49.4 Å². The quantitative estimate of drug-likeness (QED) is 0.363. The Morgan fingerprint density at radius 3 is 2.48 bits per heavy atom. The SMILES string of the molecule is Cc1nn(C)cc1[C@@H](C(=O)NC1CCCCC1)N(C(=O)[C@H]1COc2ccccc2O1)c1cccc2ccccc12. The van der Waals surface area contributed by atoms with Crippen LogP contribution in [0.15, 0.2) is 72.9 Å². The Balaban J connectivity index is 1.48. The van der Waals surface area contributed by atoms with Gasteiger partial charge in [0, 0.05) is 30.2 Å². The minimum Gasteiger partial charge on any atom is -0.485 e. The molecule has 1 saturated carbocycles. The van der Waals surface area contributed by atoms with Crippen molar-refractivity contribution in [3.05, 3.63) is 84.2 Å². The first-order valence-electron chi connectivity index (χ1n) is 14.0. The zero-order valence-corrected chi connectivity index (χ0v) is 22.9. The third-order valence-corrected chi connectivity index (χ3v) is 7.85. The maximum absolute atomic E-state index is 14.6. The van der Waals surface area contributed by atoms with Gasteiger partial charge in [-0.05, 0) is 43.4 Å². The normalized spacial score (nSPS) is 17.8. The van der Waals surface area contributed by atoms with Crippen LogP contribution >= 0.6 is 0 Å². The van der Waals surface area contributed by atoms with Gasteiger partial charge in [0.2, 0.25) is 12.0 Å². The molecule has 0 unspecified atom stereocenters. The molecule has 1 aromatic heterocycles. The molecule has 1 aliphatic heterocycles. The first-order valence-corrected chi connectivity index (χ1v) is 14.0. The Hall–Kier alpha value is -4.33. The van der Waals surface area contributed by atoms with Crippen molar-refractivity contribution < 1.29 is 19.1 Å². The molecule has 206 valence electrons. The number of benzene rings is 3. The molecule has 2 aliphatic rings. The van der Waals surface area contributed by atoms with Crippen LogP contribution in [-0.2, 0) is 16.6 Å². The second kappa shape index (κ2) is 11.0. The molecule has 0 radical (unpaired) electrons. The molecule has 0 saturated heterocycles. The molecule has 2 heterocycles. The second-order valence-corrected chi connectivity index (χ2v) is 10.7. The number of aromatic nitrogens is 2. The van der Waals surface area contributed by atoms with E-state index in [1.165, 1.54) is 6.42 Å². The van der Waals surface area contributed by atoms with E-state index in [1.807, 2.05) is 80.8 Å². The number of nitrogens with zero attached hydrogens (tertiary/aromatic N) is 3. The van der Waals surface area contributed by atoms with Gasteiger partial charge >= 0.3 is 0 Å². The Morgan fingerprint density at radius 1 is 0.975 bits per heavy atom. The predicted molar refractivity (Wildman–Crippen MR) is 153 cm³/mol. The van der Waals surface area contributed by atoms with E-state index in [9.17, 15) is 9.59 Å². The zero-order valence-electron chi connectivity index (χ0n) is 22.9. The number of amides is 2. The van der Waals surface area contributed by atoms with E-state index in [0.29, 0.717) is 28.4 Å². The Labute approximate surface area is 233 Å². The van der Waals surface area contributed by atoms with Gasteiger partial charge in [0.05, 0.1) is 11.4 Å². The highest BCUT2D eigenvalue weighted by molar-refractivity contribution is 6.09. The van der Waals surface area contributed by atoms with Gasteiger partial charge in [0.1, 0.15) is 12.6 Å². The second-order valence-electron chi connectivity index (χ2n) is 10.7. The van der Waals surface area contributed by atoms with Crippen molar-refractivity contribution in [2.24, 2.45) is 7.05 Å². The van der Waals surface area contributed by atoms with E-state index < -0.39 is 12.1 Å². The lowest BCUT2D eigenvalue weighted by Gasteiger charge is -2.36. The maximum Gasteiger partial charge on any atom is 0.272 e. The van der Waals surface area contributed by atoms with Crippen LogP contribution in [0, 0.1) is 6.92 Å². The molecule has 4 aromatic rings. The van der Waals surface area contributed by atoms with Gasteiger partial charge in [-0.1, -0.05) is 67.8 Å². The molecule has 6 rings (SSSR count). The predicted octanol–water partition coefficient (Wildman–Crippen LogP) is 5.24. The summed E-state index contributed by atoms with van der Waals surface area (Å²) in [4.78, 5) is 30.5. The van der Waals surface area contributed by atoms with Gasteiger partial charge < -0.3 is 14.8 Å². The smallest absolute Gasteiger partial charge is 0.272 e. The summed E-state index contributed by atoms with van der Waals surface area (Å²) >= 11 is 0. The van der Waals surface area contributed by atoms with Crippen molar-refractivity contribution in [1.82, 2.24) is 15.1 Å². The number of fused-ring (bicyclic) bond motifs is 2. The molecule has 1 N–H and O–H groups in total. The molecule has 40 heavy (non-hydrogen) atoms. The number of rotatable bonds is 6. The minimum absolute atomic E-state index is 0.0418. The van der Waals surface area contributed by atoms with Gasteiger partial charge in [-0.2, -0.15) is 5.10 Å². The van der Waals surface area contributed by atoms with E-state index >= 15 is 0 Å². The summed E-state index contributed by atoms with van der Waals surface area (Å²) in [7, 11) is 1.83. The van der Waals surface area contributed by atoms with Crippen LogP contribution in [0.5, 0.6) is 11.5 Å². The van der Waals surface area contributed by atoms with Crippen LogP contribution in [0.2, 0.25) is 0 Å². The molecule has 2 atom stereocenters. The number of aryl methyl sites for hydroxylation is 2. The highest BCUT2D eigenvalue weighted by atomic mass is 16.6. The first kappa shape index (κ1) is 25.9. The van der Waals surface area contributed by atoms with Crippen molar-refractivity contribution in [1.29, 1.82) is 0 Å². The van der Waals surface area contributed by atoms with Crippen molar-refractivity contribution in [2.75, 3.05) is 11.5 Å². The summed E-state index contributed by atoms with van der Waals surface area (Å²) in [6.45, 7) is 1.92. The van der Waals surface area contributed by atoms with Crippen LogP contribution in [-0.4, -0.2) is 40.3 Å². The number of hydrogen-bond donors (Lipinski definition) is 1. The summed E-state index contributed by atoms with van der Waals surface area (Å²) in [6.07, 6.45) is 6.11. The van der Waals surface area contributed by atoms with Gasteiger partial charge in [-0.3, -0.25) is 19.2 Å². The minimum atomic E-state index is -0.949. The fraction of sp³-hybridized carbons (Fsp3) is 0.344. The third kappa shape index (κ3) is 5.01. The molecule has 0 spiro atoms. The summed E-state index contributed by atoms with van der Waals surface area (Å²) < 4.78 is 13.8. The molecular formula is C32H34N4O4. The largest absolute Gasteiger partial charge is 0.485 e. The van der Waals surface area contributed by atoms with E-state index in [-0.39, 0.29) is 24.5 Å². The topological polar surface area (TPSA) is 85.7 Å². The van der Waals surface area contributed by atoms with Crippen molar-refractivity contribution in [3.63, 3.8) is 0 Å². The van der Waals surface area contributed by atoms with E-state index in [2.05, 4.69) is 10.4 Å². The molecule has 1 fully saturated rings. The summed E-state index contributed by atoms with van der Waals surface area (Å²) in [5.74, 6) is 0.531. The lowest BCUT2D eigenvalue weighted by molar-refractivity contribution is -0.132. The zero-order chi connectivity index (χ0) is 27.6. The number of para-hydroxylation sites is 2. The van der Waals surface area contributed by atoms with Crippen molar-refractivity contribution in [3.8, 4) is 11.5 Å². The van der Waals surface area contributed by atoms with E-state index in [0.717, 1.165) is 36.5 Å². The number of hydrogen-bond acceptors (Lipinski definition) is 5. The monoisotopic (exact) mass is 538 g/mol.